The van der Waals surface area contributed by atoms with Crippen LogP contribution in [0, 0.1) is 0 Å². The van der Waals surface area contributed by atoms with Crippen molar-refractivity contribution in [3.63, 3.8) is 0 Å². The maximum atomic E-state index is 4.71. The Bertz CT molecular complexity index is 687. The Kier molecular flexibility index (Phi) is 3.59. The predicted octanol–water partition coefficient (Wildman–Crippen LogP) is 4.09. The lowest BCUT2D eigenvalue weighted by atomic mass is 10.2. The number of pyridine rings is 1. The highest BCUT2D eigenvalue weighted by atomic mass is 32.1. The van der Waals surface area contributed by atoms with Crippen molar-refractivity contribution in [3.8, 4) is 10.6 Å². The number of thiazole rings is 1. The van der Waals surface area contributed by atoms with Crippen molar-refractivity contribution in [2.75, 3.05) is 6.54 Å². The average molecular weight is 289 g/mol. The number of nitrogens with zero attached hydrogens (tertiary/aromatic N) is 2. The smallest absolute Gasteiger partial charge is 0.125 e. The van der Waals surface area contributed by atoms with Crippen LogP contribution < -0.4 is 5.32 Å². The summed E-state index contributed by atoms with van der Waals surface area (Å²) in [6.07, 6.45) is 1.91. The molecule has 98 valence electrons. The molecule has 3 nitrogen and oxygen atoms in total. The molecule has 0 aliphatic heterocycles. The van der Waals surface area contributed by atoms with Crippen LogP contribution in [0.3, 0.4) is 0 Å². The summed E-state index contributed by atoms with van der Waals surface area (Å²) in [5.41, 5.74) is 3.27. The van der Waals surface area contributed by atoms with E-state index in [0.29, 0.717) is 6.04 Å². The van der Waals surface area contributed by atoms with Crippen molar-refractivity contribution in [1.29, 1.82) is 0 Å². The van der Waals surface area contributed by atoms with Crippen LogP contribution in [0.1, 0.15) is 25.6 Å². The minimum atomic E-state index is 0.299. The maximum absolute atomic E-state index is 4.71. The fraction of sp³-hybridized carbons (Fsp3) is 0.286. The minimum Gasteiger partial charge on any atom is -0.309 e. The molecule has 5 heteroatoms. The molecule has 0 aliphatic rings. The number of fused-ring (bicyclic) bond motifs is 1. The monoisotopic (exact) mass is 289 g/mol. The second-order valence-corrected chi connectivity index (χ2v) is 6.19. The number of rotatable bonds is 4. The molecule has 0 spiro atoms. The number of hydrogen-bond donors (Lipinski definition) is 1. The predicted molar refractivity (Wildman–Crippen MR) is 82.8 cm³/mol. The molecule has 1 atom stereocenters. The van der Waals surface area contributed by atoms with Crippen molar-refractivity contribution >= 4 is 32.9 Å². The zero-order valence-electron chi connectivity index (χ0n) is 10.9. The number of nitrogens with one attached hydrogen (secondary N) is 1. The molecule has 1 N–H and O–H groups in total. The van der Waals surface area contributed by atoms with E-state index >= 15 is 0 Å². The van der Waals surface area contributed by atoms with E-state index in [9.17, 15) is 0 Å². The maximum Gasteiger partial charge on any atom is 0.125 e. The second kappa shape index (κ2) is 5.36. The normalized spacial score (nSPS) is 12.9. The highest BCUT2D eigenvalue weighted by Gasteiger charge is 2.11. The van der Waals surface area contributed by atoms with Crippen LogP contribution in [-0.2, 0) is 0 Å². The minimum absolute atomic E-state index is 0.299. The Hall–Kier alpha value is -1.30. The molecular weight excluding hydrogens is 274 g/mol. The van der Waals surface area contributed by atoms with Crippen LogP contribution in [0.25, 0.3) is 20.8 Å². The van der Waals surface area contributed by atoms with Gasteiger partial charge in [0.1, 0.15) is 5.01 Å². The van der Waals surface area contributed by atoms with Crippen molar-refractivity contribution in [3.05, 3.63) is 34.8 Å². The molecule has 3 aromatic heterocycles. The van der Waals surface area contributed by atoms with E-state index in [1.807, 2.05) is 12.3 Å². The summed E-state index contributed by atoms with van der Waals surface area (Å²) in [6, 6.07) is 4.52. The van der Waals surface area contributed by atoms with E-state index in [0.717, 1.165) is 28.3 Å². The molecule has 3 heterocycles. The molecule has 3 aromatic rings. The first-order valence-electron chi connectivity index (χ1n) is 6.30. The van der Waals surface area contributed by atoms with Gasteiger partial charge in [-0.3, -0.25) is 4.98 Å². The Labute approximate surface area is 120 Å². The van der Waals surface area contributed by atoms with Gasteiger partial charge in [0.2, 0.25) is 0 Å². The highest BCUT2D eigenvalue weighted by molar-refractivity contribution is 7.17. The molecule has 1 unspecified atom stereocenters. The van der Waals surface area contributed by atoms with Gasteiger partial charge < -0.3 is 5.32 Å². The molecule has 0 amide bonds. The third-order valence-corrected chi connectivity index (χ3v) is 4.79. The number of thiophene rings is 1. The topological polar surface area (TPSA) is 37.8 Å². The first-order valence-corrected chi connectivity index (χ1v) is 8.06. The van der Waals surface area contributed by atoms with Crippen LogP contribution in [-0.4, -0.2) is 16.5 Å². The lowest BCUT2D eigenvalue weighted by Crippen LogP contribution is -2.17. The first-order chi connectivity index (χ1) is 9.28. The highest BCUT2D eigenvalue weighted by Crippen LogP contribution is 2.29. The molecule has 0 saturated carbocycles. The number of aromatic nitrogens is 2. The van der Waals surface area contributed by atoms with Crippen molar-refractivity contribution < 1.29 is 0 Å². The van der Waals surface area contributed by atoms with Gasteiger partial charge in [-0.25, -0.2) is 4.98 Å². The quantitative estimate of drug-likeness (QED) is 0.786. The zero-order chi connectivity index (χ0) is 13.2. The number of hydrogen-bond acceptors (Lipinski definition) is 5. The molecular formula is C14H15N3S2. The lowest BCUT2D eigenvalue weighted by molar-refractivity contribution is 0.587. The van der Waals surface area contributed by atoms with Crippen LogP contribution in [0.5, 0.6) is 0 Å². The van der Waals surface area contributed by atoms with Gasteiger partial charge in [0.15, 0.2) is 0 Å². The van der Waals surface area contributed by atoms with Crippen molar-refractivity contribution in [2.24, 2.45) is 0 Å². The van der Waals surface area contributed by atoms with E-state index in [1.165, 1.54) is 4.70 Å². The van der Waals surface area contributed by atoms with Gasteiger partial charge in [0.05, 0.1) is 15.9 Å². The Morgan fingerprint density at radius 1 is 1.37 bits per heavy atom. The van der Waals surface area contributed by atoms with E-state index in [4.69, 9.17) is 4.98 Å². The summed E-state index contributed by atoms with van der Waals surface area (Å²) in [5, 5.41) is 8.62. The van der Waals surface area contributed by atoms with Gasteiger partial charge in [-0.15, -0.1) is 22.7 Å². The van der Waals surface area contributed by atoms with Crippen LogP contribution in [0.15, 0.2) is 29.1 Å². The third-order valence-electron chi connectivity index (χ3n) is 3.03. The van der Waals surface area contributed by atoms with Crippen molar-refractivity contribution in [1.82, 2.24) is 15.3 Å². The van der Waals surface area contributed by atoms with Crippen LogP contribution in [0.2, 0.25) is 0 Å². The molecule has 3 rings (SSSR count). The molecule has 0 aliphatic carbocycles. The summed E-state index contributed by atoms with van der Waals surface area (Å²) in [4.78, 5) is 9.18. The summed E-state index contributed by atoms with van der Waals surface area (Å²) < 4.78 is 1.22. The largest absolute Gasteiger partial charge is 0.309 e. The second-order valence-electron chi connectivity index (χ2n) is 4.38. The van der Waals surface area contributed by atoms with Gasteiger partial charge in [-0.1, -0.05) is 6.92 Å². The SMILES string of the molecule is CCNC(C)c1csc(-c2cnc3ccsc3c2)n1. The van der Waals surface area contributed by atoms with Crippen LogP contribution >= 0.6 is 22.7 Å². The van der Waals surface area contributed by atoms with E-state index in [-0.39, 0.29) is 0 Å². The molecule has 19 heavy (non-hydrogen) atoms. The molecule has 0 saturated heterocycles. The Morgan fingerprint density at radius 2 is 2.26 bits per heavy atom. The summed E-state index contributed by atoms with van der Waals surface area (Å²) in [5.74, 6) is 0. The molecule has 0 fully saturated rings. The van der Waals surface area contributed by atoms with Gasteiger partial charge >= 0.3 is 0 Å². The third kappa shape index (κ3) is 2.54. The standard InChI is InChI=1S/C14H15N3S2/c1-3-15-9(2)12-8-19-14(17-12)10-6-13-11(16-7-10)4-5-18-13/h4-9,15H,3H2,1-2H3. The summed E-state index contributed by atoms with van der Waals surface area (Å²) in [7, 11) is 0. The Morgan fingerprint density at radius 3 is 3.11 bits per heavy atom. The van der Waals surface area contributed by atoms with E-state index in [2.05, 4.69) is 41.0 Å². The van der Waals surface area contributed by atoms with Gasteiger partial charge in [0.25, 0.3) is 0 Å². The van der Waals surface area contributed by atoms with Gasteiger partial charge in [-0.05, 0) is 31.0 Å². The molecule has 0 aromatic carbocycles. The van der Waals surface area contributed by atoms with Gasteiger partial charge in [0, 0.05) is 23.2 Å². The summed E-state index contributed by atoms with van der Waals surface area (Å²) >= 11 is 3.40. The fourth-order valence-electron chi connectivity index (χ4n) is 1.99. The zero-order valence-corrected chi connectivity index (χ0v) is 12.5. The molecule has 0 bridgehead atoms. The fourth-order valence-corrected chi connectivity index (χ4v) is 3.67. The van der Waals surface area contributed by atoms with Crippen LogP contribution in [0.4, 0.5) is 0 Å². The lowest BCUT2D eigenvalue weighted by Gasteiger charge is -2.08. The molecule has 0 radical (unpaired) electrons. The van der Waals surface area contributed by atoms with E-state index < -0.39 is 0 Å². The van der Waals surface area contributed by atoms with Gasteiger partial charge in [-0.2, -0.15) is 0 Å². The average Bonchev–Trinajstić information content (AvgIpc) is 3.07. The van der Waals surface area contributed by atoms with Crippen molar-refractivity contribution in [2.45, 2.75) is 19.9 Å². The first kappa shape index (κ1) is 12.7. The van der Waals surface area contributed by atoms with E-state index in [1.54, 1.807) is 22.7 Å². The Balaban J connectivity index is 1.93. The summed E-state index contributed by atoms with van der Waals surface area (Å²) in [6.45, 7) is 5.21.